The third-order valence-corrected chi connectivity index (χ3v) is 3.44. The molecular weight excluding hydrogens is 337 g/mol. The Morgan fingerprint density at radius 3 is 2.67 bits per heavy atom. The van der Waals surface area contributed by atoms with Crippen LogP contribution < -0.4 is 9.47 Å². The van der Waals surface area contributed by atoms with Crippen LogP contribution in [0, 0.1) is 5.82 Å². The van der Waals surface area contributed by atoms with Crippen molar-refractivity contribution in [3.63, 3.8) is 0 Å². The fourth-order valence-electron chi connectivity index (χ4n) is 2.04. The normalized spacial score (nSPS) is 10.6. The van der Waals surface area contributed by atoms with Gasteiger partial charge in [-0.15, -0.1) is 0 Å². The number of aromatic nitrogens is 1. The molecule has 106 valence electrons. The van der Waals surface area contributed by atoms with Gasteiger partial charge < -0.3 is 9.47 Å². The second-order valence-electron chi connectivity index (χ2n) is 4.41. The highest BCUT2D eigenvalue weighted by Crippen LogP contribution is 2.31. The van der Waals surface area contributed by atoms with E-state index in [0.717, 1.165) is 16.5 Å². The average molecular weight is 348 g/mol. The second-order valence-corrected chi connectivity index (χ2v) is 5.33. The maximum absolute atomic E-state index is 13.4. The topological polar surface area (TPSA) is 31.4 Å². The summed E-state index contributed by atoms with van der Waals surface area (Å²) >= 11 is 3.24. The van der Waals surface area contributed by atoms with Crippen LogP contribution in [0.3, 0.4) is 0 Å². The van der Waals surface area contributed by atoms with Gasteiger partial charge in [-0.2, -0.15) is 0 Å². The van der Waals surface area contributed by atoms with Crippen LogP contribution >= 0.6 is 15.9 Å². The highest BCUT2D eigenvalue weighted by atomic mass is 79.9. The number of benzene rings is 2. The first-order valence-corrected chi connectivity index (χ1v) is 7.02. The van der Waals surface area contributed by atoms with E-state index in [1.54, 1.807) is 19.4 Å². The zero-order valence-electron chi connectivity index (χ0n) is 11.1. The minimum absolute atomic E-state index is 0.374. The van der Waals surface area contributed by atoms with Gasteiger partial charge in [0.1, 0.15) is 17.3 Å². The van der Waals surface area contributed by atoms with Crippen LogP contribution in [0.5, 0.6) is 17.4 Å². The first-order valence-electron chi connectivity index (χ1n) is 6.22. The van der Waals surface area contributed by atoms with E-state index in [2.05, 4.69) is 20.9 Å². The van der Waals surface area contributed by atoms with Gasteiger partial charge in [-0.25, -0.2) is 9.37 Å². The van der Waals surface area contributed by atoms with Crippen LogP contribution in [-0.4, -0.2) is 12.1 Å². The molecule has 3 rings (SSSR count). The van der Waals surface area contributed by atoms with Crippen molar-refractivity contribution in [2.75, 3.05) is 7.11 Å². The van der Waals surface area contributed by atoms with E-state index in [4.69, 9.17) is 9.47 Å². The van der Waals surface area contributed by atoms with Crippen LogP contribution in [-0.2, 0) is 0 Å². The van der Waals surface area contributed by atoms with Gasteiger partial charge in [0.25, 0.3) is 0 Å². The largest absolute Gasteiger partial charge is 0.497 e. The number of fused-ring (bicyclic) bond motifs is 1. The van der Waals surface area contributed by atoms with Crippen LogP contribution in [0.2, 0.25) is 0 Å². The van der Waals surface area contributed by atoms with Crippen molar-refractivity contribution in [2.45, 2.75) is 0 Å². The molecule has 0 fully saturated rings. The summed E-state index contributed by atoms with van der Waals surface area (Å²) in [7, 11) is 1.62. The summed E-state index contributed by atoms with van der Waals surface area (Å²) < 4.78 is 24.9. The second kappa shape index (κ2) is 5.69. The Morgan fingerprint density at radius 2 is 1.90 bits per heavy atom. The molecular formula is C16H11BrFNO2. The molecule has 3 aromatic rings. The van der Waals surface area contributed by atoms with E-state index in [9.17, 15) is 4.39 Å². The SMILES string of the molecule is COc1ccc2c(Oc3cc(F)cc(Br)c3)nccc2c1. The number of nitrogens with zero attached hydrogens (tertiary/aromatic N) is 1. The number of pyridine rings is 1. The van der Waals surface area contributed by atoms with Crippen molar-refractivity contribution in [2.24, 2.45) is 0 Å². The van der Waals surface area contributed by atoms with Gasteiger partial charge >= 0.3 is 0 Å². The molecule has 0 N–H and O–H groups in total. The lowest BCUT2D eigenvalue weighted by atomic mass is 10.1. The van der Waals surface area contributed by atoms with E-state index < -0.39 is 0 Å². The molecule has 21 heavy (non-hydrogen) atoms. The van der Waals surface area contributed by atoms with Crippen LogP contribution in [0.15, 0.2) is 53.1 Å². The number of hydrogen-bond donors (Lipinski definition) is 0. The molecule has 0 radical (unpaired) electrons. The minimum Gasteiger partial charge on any atom is -0.497 e. The molecule has 0 aliphatic carbocycles. The molecule has 0 bridgehead atoms. The molecule has 0 aliphatic rings. The summed E-state index contributed by atoms with van der Waals surface area (Å²) in [5.74, 6) is 1.19. The predicted molar refractivity (Wildman–Crippen MR) is 82.5 cm³/mol. The van der Waals surface area contributed by atoms with E-state index >= 15 is 0 Å². The first kappa shape index (κ1) is 13.8. The molecule has 0 amide bonds. The van der Waals surface area contributed by atoms with Gasteiger partial charge in [0.05, 0.1) is 7.11 Å². The van der Waals surface area contributed by atoms with Crippen LogP contribution in [0.25, 0.3) is 10.8 Å². The van der Waals surface area contributed by atoms with Crippen molar-refractivity contribution in [3.8, 4) is 17.4 Å². The monoisotopic (exact) mass is 347 g/mol. The van der Waals surface area contributed by atoms with Crippen molar-refractivity contribution in [1.82, 2.24) is 4.98 Å². The molecule has 0 aliphatic heterocycles. The van der Waals surface area contributed by atoms with E-state index in [1.165, 1.54) is 12.1 Å². The zero-order chi connectivity index (χ0) is 14.8. The average Bonchev–Trinajstić information content (AvgIpc) is 2.46. The summed E-state index contributed by atoms with van der Waals surface area (Å²) in [6.07, 6.45) is 1.64. The lowest BCUT2D eigenvalue weighted by molar-refractivity contribution is 0.415. The Balaban J connectivity index is 2.04. The summed E-state index contributed by atoms with van der Waals surface area (Å²) in [5.41, 5.74) is 0. The van der Waals surface area contributed by atoms with Crippen molar-refractivity contribution < 1.29 is 13.9 Å². The maximum atomic E-state index is 13.4. The minimum atomic E-state index is -0.374. The third kappa shape index (κ3) is 2.97. The van der Waals surface area contributed by atoms with Crippen LogP contribution in [0.1, 0.15) is 0 Å². The highest BCUT2D eigenvalue weighted by Gasteiger charge is 2.08. The fourth-order valence-corrected chi connectivity index (χ4v) is 2.48. The summed E-state index contributed by atoms with van der Waals surface area (Å²) in [4.78, 5) is 4.22. The molecule has 0 saturated heterocycles. The lowest BCUT2D eigenvalue weighted by Crippen LogP contribution is -1.91. The van der Waals surface area contributed by atoms with Gasteiger partial charge in [0.15, 0.2) is 0 Å². The maximum Gasteiger partial charge on any atom is 0.227 e. The molecule has 5 heteroatoms. The van der Waals surface area contributed by atoms with Gasteiger partial charge in [-0.3, -0.25) is 0 Å². The quantitative estimate of drug-likeness (QED) is 0.672. The third-order valence-electron chi connectivity index (χ3n) is 2.99. The van der Waals surface area contributed by atoms with Gasteiger partial charge in [0.2, 0.25) is 5.88 Å². The Kier molecular flexibility index (Phi) is 3.75. The van der Waals surface area contributed by atoms with Crippen molar-refractivity contribution in [1.29, 1.82) is 0 Å². The summed E-state index contributed by atoms with van der Waals surface area (Å²) in [6, 6.07) is 11.8. The number of methoxy groups -OCH3 is 1. The Morgan fingerprint density at radius 1 is 1.05 bits per heavy atom. The van der Waals surface area contributed by atoms with E-state index in [1.807, 2.05) is 24.3 Å². The number of hydrogen-bond acceptors (Lipinski definition) is 3. The molecule has 3 nitrogen and oxygen atoms in total. The first-order chi connectivity index (χ1) is 10.2. The van der Waals surface area contributed by atoms with Crippen molar-refractivity contribution >= 4 is 26.7 Å². The smallest absolute Gasteiger partial charge is 0.227 e. The lowest BCUT2D eigenvalue weighted by Gasteiger charge is -2.09. The zero-order valence-corrected chi connectivity index (χ0v) is 12.7. The molecule has 0 spiro atoms. The highest BCUT2D eigenvalue weighted by molar-refractivity contribution is 9.10. The summed E-state index contributed by atoms with van der Waals surface area (Å²) in [5, 5.41) is 1.77. The Bertz CT molecular complexity index is 787. The molecule has 2 aromatic carbocycles. The predicted octanol–water partition coefficient (Wildman–Crippen LogP) is 4.94. The Hall–Kier alpha value is -2.14. The molecule has 0 unspecified atom stereocenters. The van der Waals surface area contributed by atoms with Crippen molar-refractivity contribution in [3.05, 3.63) is 59.0 Å². The van der Waals surface area contributed by atoms with E-state index in [0.29, 0.717) is 16.1 Å². The molecule has 1 heterocycles. The molecule has 1 aromatic heterocycles. The molecule has 0 saturated carbocycles. The standard InChI is InChI=1S/C16H11BrFNO2/c1-20-13-2-3-15-10(6-13)4-5-19-16(15)21-14-8-11(17)7-12(18)9-14/h2-9H,1H3. The van der Waals surface area contributed by atoms with Gasteiger partial charge in [0, 0.05) is 22.1 Å². The number of halogens is 2. The van der Waals surface area contributed by atoms with Gasteiger partial charge in [-0.05, 0) is 41.8 Å². The van der Waals surface area contributed by atoms with Gasteiger partial charge in [-0.1, -0.05) is 15.9 Å². The molecule has 0 atom stereocenters. The van der Waals surface area contributed by atoms with Crippen LogP contribution in [0.4, 0.5) is 4.39 Å². The Labute approximate surface area is 129 Å². The fraction of sp³-hybridized carbons (Fsp3) is 0.0625. The van der Waals surface area contributed by atoms with E-state index in [-0.39, 0.29) is 5.82 Å². The number of rotatable bonds is 3. The number of ether oxygens (including phenoxy) is 2. The summed E-state index contributed by atoms with van der Waals surface area (Å²) in [6.45, 7) is 0.